The van der Waals surface area contributed by atoms with Gasteiger partial charge in [0.25, 0.3) is 0 Å². The molecule has 34 heavy (non-hydrogen) atoms. The Labute approximate surface area is 198 Å². The number of carbonyl (C=O) groups excluding carboxylic acids is 2. The quantitative estimate of drug-likeness (QED) is 0.463. The van der Waals surface area contributed by atoms with E-state index in [0.717, 1.165) is 0 Å². The van der Waals surface area contributed by atoms with E-state index in [4.69, 9.17) is 14.6 Å². The zero-order valence-electron chi connectivity index (χ0n) is 19.0. The number of fused-ring (bicyclic) bond motifs is 3. The molecular weight excluding hydrogens is 436 g/mol. The molecule has 0 saturated carbocycles. The SMILES string of the molecule is O=C(CCCCNC(=O)OCC1c2ccccc2-c2ccccc21)NC[C@H]1C[C@@H](C(=O)O)CO1. The van der Waals surface area contributed by atoms with Crippen molar-refractivity contribution in [2.75, 3.05) is 26.3 Å². The second-order valence-corrected chi connectivity index (χ2v) is 8.74. The highest BCUT2D eigenvalue weighted by atomic mass is 16.5. The minimum Gasteiger partial charge on any atom is -0.481 e. The molecule has 0 unspecified atom stereocenters. The zero-order valence-corrected chi connectivity index (χ0v) is 19.0. The van der Waals surface area contributed by atoms with Crippen LogP contribution in [0.15, 0.2) is 48.5 Å². The number of alkyl carbamates (subject to hydrolysis) is 1. The van der Waals surface area contributed by atoms with E-state index < -0.39 is 18.0 Å². The molecule has 2 aliphatic rings. The zero-order chi connectivity index (χ0) is 23.9. The Kier molecular flexibility index (Phi) is 7.80. The lowest BCUT2D eigenvalue weighted by Crippen LogP contribution is -2.32. The largest absolute Gasteiger partial charge is 0.481 e. The van der Waals surface area contributed by atoms with E-state index in [1.165, 1.54) is 22.3 Å². The predicted octanol–water partition coefficient (Wildman–Crippen LogP) is 3.30. The van der Waals surface area contributed by atoms with E-state index in [9.17, 15) is 14.4 Å². The summed E-state index contributed by atoms with van der Waals surface area (Å²) in [5, 5.41) is 14.5. The van der Waals surface area contributed by atoms with Gasteiger partial charge >= 0.3 is 12.1 Å². The van der Waals surface area contributed by atoms with E-state index in [2.05, 4.69) is 34.9 Å². The Bertz CT molecular complexity index is 994. The highest BCUT2D eigenvalue weighted by Crippen LogP contribution is 2.44. The molecule has 2 aromatic carbocycles. The third kappa shape index (κ3) is 5.75. The summed E-state index contributed by atoms with van der Waals surface area (Å²) in [6.07, 6.45) is 1.32. The van der Waals surface area contributed by atoms with Gasteiger partial charge in [-0.25, -0.2) is 4.79 Å². The molecule has 180 valence electrons. The van der Waals surface area contributed by atoms with Crippen LogP contribution in [0.2, 0.25) is 0 Å². The standard InChI is InChI=1S/C26H30N2O6/c29-24(28-14-18-13-17(15-33-18)25(30)31)11-5-6-12-27-26(32)34-16-23-21-9-3-1-7-19(21)20-8-2-4-10-22(20)23/h1-4,7-10,17-18,23H,5-6,11-16H2,(H,27,32)(H,28,29)(H,30,31)/t17-,18-/m1/s1. The van der Waals surface area contributed by atoms with Crippen LogP contribution in [0.5, 0.6) is 0 Å². The van der Waals surface area contributed by atoms with Crippen LogP contribution >= 0.6 is 0 Å². The highest BCUT2D eigenvalue weighted by molar-refractivity contribution is 5.79. The van der Waals surface area contributed by atoms with Crippen LogP contribution in [0.25, 0.3) is 11.1 Å². The van der Waals surface area contributed by atoms with Crippen molar-refractivity contribution in [1.82, 2.24) is 10.6 Å². The van der Waals surface area contributed by atoms with Crippen LogP contribution in [-0.2, 0) is 19.1 Å². The van der Waals surface area contributed by atoms with Crippen LogP contribution in [0.3, 0.4) is 0 Å². The number of hydrogen-bond donors (Lipinski definition) is 3. The minimum absolute atomic E-state index is 0.0245. The summed E-state index contributed by atoms with van der Waals surface area (Å²) < 4.78 is 10.9. The van der Waals surface area contributed by atoms with Crippen molar-refractivity contribution >= 4 is 18.0 Å². The van der Waals surface area contributed by atoms with Crippen LogP contribution in [0.1, 0.15) is 42.7 Å². The molecular formula is C26H30N2O6. The lowest BCUT2D eigenvalue weighted by molar-refractivity contribution is -0.141. The van der Waals surface area contributed by atoms with Crippen molar-refractivity contribution in [3.8, 4) is 11.1 Å². The van der Waals surface area contributed by atoms with Crippen molar-refractivity contribution in [1.29, 1.82) is 0 Å². The maximum absolute atomic E-state index is 12.2. The fourth-order valence-electron chi connectivity index (χ4n) is 4.59. The van der Waals surface area contributed by atoms with Crippen LogP contribution < -0.4 is 10.6 Å². The van der Waals surface area contributed by atoms with Crippen molar-refractivity contribution in [2.45, 2.75) is 37.7 Å². The molecule has 0 spiro atoms. The molecule has 0 radical (unpaired) electrons. The number of carbonyl (C=O) groups is 3. The molecule has 8 heteroatoms. The molecule has 0 aromatic heterocycles. The van der Waals surface area contributed by atoms with Crippen molar-refractivity contribution in [3.05, 3.63) is 59.7 Å². The number of carboxylic acid groups (broad SMARTS) is 1. The van der Waals surface area contributed by atoms with E-state index >= 15 is 0 Å². The van der Waals surface area contributed by atoms with Crippen molar-refractivity contribution in [2.24, 2.45) is 5.92 Å². The molecule has 1 aliphatic heterocycles. The Morgan fingerprint density at radius 1 is 0.971 bits per heavy atom. The number of hydrogen-bond acceptors (Lipinski definition) is 5. The molecule has 3 N–H and O–H groups in total. The average molecular weight is 467 g/mol. The topological polar surface area (TPSA) is 114 Å². The van der Waals surface area contributed by atoms with Crippen LogP contribution in [0, 0.1) is 5.92 Å². The molecule has 8 nitrogen and oxygen atoms in total. The summed E-state index contributed by atoms with van der Waals surface area (Å²) in [5.74, 6) is -1.44. The molecule has 1 aliphatic carbocycles. The number of amides is 2. The Hall–Kier alpha value is -3.39. The monoisotopic (exact) mass is 466 g/mol. The second kappa shape index (κ2) is 11.2. The van der Waals surface area contributed by atoms with E-state index in [-0.39, 0.29) is 31.1 Å². The third-order valence-corrected chi connectivity index (χ3v) is 6.40. The Morgan fingerprint density at radius 3 is 2.29 bits per heavy atom. The number of rotatable bonds is 10. The molecule has 2 atom stereocenters. The highest BCUT2D eigenvalue weighted by Gasteiger charge is 2.31. The number of unbranched alkanes of at least 4 members (excludes halogenated alkanes) is 1. The predicted molar refractivity (Wildman–Crippen MR) is 125 cm³/mol. The van der Waals surface area contributed by atoms with E-state index in [0.29, 0.717) is 38.8 Å². The normalized spacial score (nSPS) is 18.7. The summed E-state index contributed by atoms with van der Waals surface area (Å²) in [5.41, 5.74) is 4.71. The molecule has 2 amide bonds. The van der Waals surface area contributed by atoms with Crippen molar-refractivity contribution in [3.63, 3.8) is 0 Å². The Morgan fingerprint density at radius 2 is 1.65 bits per heavy atom. The maximum Gasteiger partial charge on any atom is 0.407 e. The lowest BCUT2D eigenvalue weighted by atomic mass is 9.98. The van der Waals surface area contributed by atoms with Crippen LogP contribution in [0.4, 0.5) is 4.79 Å². The number of benzene rings is 2. The smallest absolute Gasteiger partial charge is 0.407 e. The summed E-state index contributed by atoms with van der Waals surface area (Å²) >= 11 is 0. The molecule has 0 bridgehead atoms. The van der Waals surface area contributed by atoms with Gasteiger partial charge in [-0.05, 0) is 41.5 Å². The van der Waals surface area contributed by atoms with Gasteiger partial charge in [-0.3, -0.25) is 9.59 Å². The summed E-state index contributed by atoms with van der Waals surface area (Å²) in [4.78, 5) is 35.1. The van der Waals surface area contributed by atoms with E-state index in [1.807, 2.05) is 24.3 Å². The van der Waals surface area contributed by atoms with Gasteiger partial charge in [-0.1, -0.05) is 48.5 Å². The van der Waals surface area contributed by atoms with Gasteiger partial charge in [0.05, 0.1) is 18.6 Å². The van der Waals surface area contributed by atoms with E-state index in [1.54, 1.807) is 0 Å². The number of nitrogens with one attached hydrogen (secondary N) is 2. The fourth-order valence-corrected chi connectivity index (χ4v) is 4.59. The van der Waals surface area contributed by atoms with Gasteiger partial charge in [0, 0.05) is 25.4 Å². The number of carboxylic acids is 1. The third-order valence-electron chi connectivity index (χ3n) is 6.40. The first-order valence-corrected chi connectivity index (χ1v) is 11.7. The molecule has 2 aromatic rings. The van der Waals surface area contributed by atoms with Crippen molar-refractivity contribution < 1.29 is 29.0 Å². The number of aliphatic carboxylic acids is 1. The second-order valence-electron chi connectivity index (χ2n) is 8.74. The first-order chi connectivity index (χ1) is 16.5. The molecule has 1 fully saturated rings. The summed E-state index contributed by atoms with van der Waals surface area (Å²) in [6, 6.07) is 16.4. The molecule has 1 saturated heterocycles. The first kappa shape index (κ1) is 23.8. The van der Waals surface area contributed by atoms with Gasteiger partial charge in [0.15, 0.2) is 0 Å². The number of ether oxygens (including phenoxy) is 2. The van der Waals surface area contributed by atoms with Gasteiger partial charge in [-0.15, -0.1) is 0 Å². The van der Waals surface area contributed by atoms with Gasteiger partial charge < -0.3 is 25.2 Å². The lowest BCUT2D eigenvalue weighted by Gasteiger charge is -2.14. The minimum atomic E-state index is -0.863. The molecule has 4 rings (SSSR count). The first-order valence-electron chi connectivity index (χ1n) is 11.7. The fraction of sp³-hybridized carbons (Fsp3) is 0.423. The van der Waals surface area contributed by atoms with Gasteiger partial charge in [0.1, 0.15) is 6.61 Å². The Balaban J connectivity index is 1.10. The van der Waals surface area contributed by atoms with Gasteiger partial charge in [0.2, 0.25) is 5.91 Å². The maximum atomic E-state index is 12.2. The van der Waals surface area contributed by atoms with Crippen LogP contribution in [-0.4, -0.2) is 55.5 Å². The summed E-state index contributed by atoms with van der Waals surface area (Å²) in [6.45, 7) is 1.21. The summed E-state index contributed by atoms with van der Waals surface area (Å²) in [7, 11) is 0. The van der Waals surface area contributed by atoms with Gasteiger partial charge in [-0.2, -0.15) is 0 Å². The average Bonchev–Trinajstić information content (AvgIpc) is 3.44. The molecule has 1 heterocycles.